The third-order valence-corrected chi connectivity index (χ3v) is 7.17. The van der Waals surface area contributed by atoms with Crippen LogP contribution in [0.5, 0.6) is 0 Å². The smallest absolute Gasteiger partial charge is 0.210 e. The molecule has 0 saturated carbocycles. The van der Waals surface area contributed by atoms with Gasteiger partial charge in [-0.05, 0) is 49.9 Å². The molecule has 0 bridgehead atoms. The maximum Gasteiger partial charge on any atom is 0.210 e. The number of carbonyl (C=O) groups excluding carboxylic acids is 4. The molecule has 0 saturated heterocycles. The fourth-order valence-corrected chi connectivity index (χ4v) is 5.34. The van der Waals surface area contributed by atoms with Crippen LogP contribution in [0.15, 0.2) is 34.1 Å². The van der Waals surface area contributed by atoms with Crippen molar-refractivity contribution < 1.29 is 37.8 Å². The van der Waals surface area contributed by atoms with E-state index in [-0.39, 0.29) is 48.3 Å². The van der Waals surface area contributed by atoms with Gasteiger partial charge in [-0.15, -0.1) is 0 Å². The molecule has 0 aliphatic heterocycles. The van der Waals surface area contributed by atoms with Crippen molar-refractivity contribution in [3.05, 3.63) is 46.5 Å². The summed E-state index contributed by atoms with van der Waals surface area (Å²) in [4.78, 5) is 47.5. The highest BCUT2D eigenvalue weighted by Gasteiger charge is 2.30. The van der Waals surface area contributed by atoms with Crippen LogP contribution in [0.3, 0.4) is 0 Å². The molecule has 0 unspecified atom stereocenters. The standard InChI is InChI=1S/C24H28N2O8S/c1-13(29)11-17(31)21-15(7-9-27)3-5-19(23(21)25)35(33,34)20-6-4-16(8-10-28)22(24(20)26)18(32)12-14(2)30/h3-6,27-28H,7-12,25-26H2,1-2H3. The molecular formula is C24H28N2O8S. The summed E-state index contributed by atoms with van der Waals surface area (Å²) in [5.41, 5.74) is 11.6. The van der Waals surface area contributed by atoms with E-state index in [0.717, 1.165) is 0 Å². The Kier molecular flexibility index (Phi) is 9.02. The lowest BCUT2D eigenvalue weighted by atomic mass is 9.96. The fraction of sp³-hybridized carbons (Fsp3) is 0.333. The van der Waals surface area contributed by atoms with Crippen LogP contribution in [0.25, 0.3) is 0 Å². The van der Waals surface area contributed by atoms with Gasteiger partial charge in [0.25, 0.3) is 0 Å². The summed E-state index contributed by atoms with van der Waals surface area (Å²) >= 11 is 0. The Morgan fingerprint density at radius 1 is 0.714 bits per heavy atom. The SMILES string of the molecule is CC(=O)CC(=O)c1c(CCO)ccc(S(=O)(=O)c2ccc(CCO)c(C(=O)CC(C)=O)c2N)c1N. The number of rotatable bonds is 12. The number of anilines is 2. The Morgan fingerprint density at radius 2 is 1.06 bits per heavy atom. The molecule has 6 N–H and O–H groups in total. The van der Waals surface area contributed by atoms with E-state index in [1.54, 1.807) is 0 Å². The minimum absolute atomic E-state index is 0.00516. The van der Waals surface area contributed by atoms with Gasteiger partial charge in [0, 0.05) is 24.3 Å². The Labute approximate surface area is 202 Å². The summed E-state index contributed by atoms with van der Waals surface area (Å²) in [6, 6.07) is 4.98. The van der Waals surface area contributed by atoms with Crippen LogP contribution in [-0.2, 0) is 32.3 Å². The maximum atomic E-state index is 13.6. The van der Waals surface area contributed by atoms with E-state index < -0.39 is 67.0 Å². The summed E-state index contributed by atoms with van der Waals surface area (Å²) in [6.07, 6.45) is -1.00. The van der Waals surface area contributed by atoms with Gasteiger partial charge in [0.2, 0.25) is 9.84 Å². The van der Waals surface area contributed by atoms with Gasteiger partial charge >= 0.3 is 0 Å². The van der Waals surface area contributed by atoms with E-state index in [2.05, 4.69) is 0 Å². The summed E-state index contributed by atoms with van der Waals surface area (Å²) in [7, 11) is -4.48. The molecule has 0 spiro atoms. The zero-order valence-corrected chi connectivity index (χ0v) is 20.3. The molecule has 2 aromatic carbocycles. The predicted molar refractivity (Wildman–Crippen MR) is 128 cm³/mol. The highest BCUT2D eigenvalue weighted by molar-refractivity contribution is 7.91. The van der Waals surface area contributed by atoms with Crippen molar-refractivity contribution in [1.29, 1.82) is 0 Å². The molecule has 2 rings (SSSR count). The molecule has 0 fully saturated rings. The van der Waals surface area contributed by atoms with Crippen LogP contribution in [-0.4, -0.2) is 55.0 Å². The Balaban J connectivity index is 2.78. The molecule has 11 heteroatoms. The molecule has 0 heterocycles. The van der Waals surface area contributed by atoms with Crippen LogP contribution in [0.2, 0.25) is 0 Å². The summed E-state index contributed by atoms with van der Waals surface area (Å²) in [5.74, 6) is -2.29. The number of Topliss-reactive ketones (excluding diaryl/α,β-unsaturated/α-hetero) is 4. The molecule has 0 amide bonds. The fourth-order valence-electron chi connectivity index (χ4n) is 3.82. The zero-order chi connectivity index (χ0) is 26.5. The quantitative estimate of drug-likeness (QED) is 0.184. The lowest BCUT2D eigenvalue weighted by Gasteiger charge is -2.18. The van der Waals surface area contributed by atoms with Gasteiger partial charge in [0.15, 0.2) is 11.6 Å². The summed E-state index contributed by atoms with van der Waals surface area (Å²) in [6.45, 7) is 1.72. The molecule has 0 aliphatic carbocycles. The first-order chi connectivity index (χ1) is 16.4. The average molecular weight is 505 g/mol. The Bertz CT molecular complexity index is 1210. The topological polar surface area (TPSA) is 195 Å². The second-order valence-electron chi connectivity index (χ2n) is 8.08. The van der Waals surface area contributed by atoms with Crippen molar-refractivity contribution in [2.45, 2.75) is 49.3 Å². The molecule has 0 aliphatic rings. The van der Waals surface area contributed by atoms with Gasteiger partial charge in [0.1, 0.15) is 11.6 Å². The van der Waals surface area contributed by atoms with Gasteiger partial charge in [-0.2, -0.15) is 0 Å². The molecule has 10 nitrogen and oxygen atoms in total. The molecule has 0 aromatic heterocycles. The molecular weight excluding hydrogens is 476 g/mol. The molecule has 188 valence electrons. The zero-order valence-electron chi connectivity index (χ0n) is 19.5. The molecule has 0 atom stereocenters. The minimum atomic E-state index is -4.48. The number of aliphatic hydroxyl groups is 2. The second kappa shape index (κ2) is 11.3. The Morgan fingerprint density at radius 3 is 1.34 bits per heavy atom. The van der Waals surface area contributed by atoms with E-state index in [1.165, 1.54) is 38.1 Å². The lowest BCUT2D eigenvalue weighted by Crippen LogP contribution is -2.18. The number of nitrogens with two attached hydrogens (primary N) is 2. The first-order valence-corrected chi connectivity index (χ1v) is 12.2. The third kappa shape index (κ3) is 5.99. The van der Waals surface area contributed by atoms with Crippen LogP contribution in [0.1, 0.15) is 58.5 Å². The highest BCUT2D eigenvalue weighted by atomic mass is 32.2. The first kappa shape index (κ1) is 27.8. The monoisotopic (exact) mass is 504 g/mol. The second-order valence-corrected chi connectivity index (χ2v) is 9.96. The van der Waals surface area contributed by atoms with Crippen molar-refractivity contribution in [3.8, 4) is 0 Å². The van der Waals surface area contributed by atoms with E-state index in [4.69, 9.17) is 11.5 Å². The first-order valence-electron chi connectivity index (χ1n) is 10.7. The number of sulfone groups is 1. The number of carbonyl (C=O) groups is 4. The van der Waals surface area contributed by atoms with E-state index in [1.807, 2.05) is 0 Å². The molecule has 2 aromatic rings. The van der Waals surface area contributed by atoms with Gasteiger partial charge < -0.3 is 21.7 Å². The van der Waals surface area contributed by atoms with Crippen LogP contribution < -0.4 is 11.5 Å². The van der Waals surface area contributed by atoms with Crippen molar-refractivity contribution in [1.82, 2.24) is 0 Å². The van der Waals surface area contributed by atoms with Crippen LogP contribution in [0.4, 0.5) is 11.4 Å². The van der Waals surface area contributed by atoms with Crippen LogP contribution >= 0.6 is 0 Å². The number of ketones is 4. The van der Waals surface area contributed by atoms with Crippen molar-refractivity contribution in [2.75, 3.05) is 24.7 Å². The molecule has 0 radical (unpaired) electrons. The molecule has 35 heavy (non-hydrogen) atoms. The largest absolute Gasteiger partial charge is 0.397 e. The van der Waals surface area contributed by atoms with E-state index in [0.29, 0.717) is 0 Å². The van der Waals surface area contributed by atoms with Gasteiger partial charge in [0.05, 0.1) is 34.0 Å². The normalized spacial score (nSPS) is 11.3. The lowest BCUT2D eigenvalue weighted by molar-refractivity contribution is -0.117. The van der Waals surface area contributed by atoms with Gasteiger partial charge in [-0.1, -0.05) is 12.1 Å². The number of hydrogen-bond acceptors (Lipinski definition) is 10. The van der Waals surface area contributed by atoms with Crippen LogP contribution in [0, 0.1) is 0 Å². The van der Waals surface area contributed by atoms with Crippen molar-refractivity contribution in [2.24, 2.45) is 0 Å². The van der Waals surface area contributed by atoms with E-state index >= 15 is 0 Å². The highest BCUT2D eigenvalue weighted by Crippen LogP contribution is 2.36. The van der Waals surface area contributed by atoms with E-state index in [9.17, 15) is 37.8 Å². The number of nitrogen functional groups attached to an aromatic ring is 2. The van der Waals surface area contributed by atoms with Gasteiger partial charge in [-0.25, -0.2) is 8.42 Å². The van der Waals surface area contributed by atoms with Gasteiger partial charge in [-0.3, -0.25) is 19.2 Å². The maximum absolute atomic E-state index is 13.6. The Hall–Kier alpha value is -3.41. The number of benzene rings is 2. The van der Waals surface area contributed by atoms with Crippen molar-refractivity contribution in [3.63, 3.8) is 0 Å². The third-order valence-electron chi connectivity index (χ3n) is 5.30. The number of hydrogen-bond donors (Lipinski definition) is 4. The van der Waals surface area contributed by atoms with Crippen molar-refractivity contribution >= 4 is 44.3 Å². The summed E-state index contributed by atoms with van der Waals surface area (Å²) < 4.78 is 27.2. The average Bonchev–Trinajstić information content (AvgIpc) is 2.72. The predicted octanol–water partition coefficient (Wildman–Crippen LogP) is 1.08. The number of aliphatic hydroxyl groups excluding tert-OH is 2. The summed E-state index contributed by atoms with van der Waals surface area (Å²) in [5, 5.41) is 18.7. The minimum Gasteiger partial charge on any atom is -0.397 e.